The number of aryl methyl sites for hydroxylation is 1. The van der Waals surface area contributed by atoms with Crippen molar-refractivity contribution in [3.8, 4) is 5.75 Å². The van der Waals surface area contributed by atoms with E-state index in [0.29, 0.717) is 29.5 Å². The highest BCUT2D eigenvalue weighted by Gasteiger charge is 2.54. The van der Waals surface area contributed by atoms with Gasteiger partial charge in [-0.05, 0) is 43.0 Å². The molecule has 1 heterocycles. The number of sulfonamides is 1. The van der Waals surface area contributed by atoms with E-state index in [1.807, 2.05) is 25.1 Å². The number of aromatic amines is 1. The summed E-state index contributed by atoms with van der Waals surface area (Å²) in [6, 6.07) is 10.4. The van der Waals surface area contributed by atoms with Crippen LogP contribution in [0.25, 0.3) is 10.9 Å². The van der Waals surface area contributed by atoms with E-state index >= 15 is 0 Å². The van der Waals surface area contributed by atoms with Gasteiger partial charge in [0.1, 0.15) is 5.75 Å². The van der Waals surface area contributed by atoms with Crippen molar-refractivity contribution in [2.45, 2.75) is 36.5 Å². The van der Waals surface area contributed by atoms with Crippen molar-refractivity contribution in [2.24, 2.45) is 0 Å². The van der Waals surface area contributed by atoms with E-state index in [0.717, 1.165) is 17.5 Å². The third-order valence-electron chi connectivity index (χ3n) is 5.34. The molecule has 0 atom stereocenters. The summed E-state index contributed by atoms with van der Waals surface area (Å²) in [5, 5.41) is 7.07. The van der Waals surface area contributed by atoms with Crippen LogP contribution in [0.15, 0.2) is 47.5 Å². The first-order valence-corrected chi connectivity index (χ1v) is 10.6. The van der Waals surface area contributed by atoms with Gasteiger partial charge in [-0.15, -0.1) is 0 Å². The van der Waals surface area contributed by atoms with Gasteiger partial charge < -0.3 is 4.74 Å². The van der Waals surface area contributed by atoms with Gasteiger partial charge in [0.25, 0.3) is 10.0 Å². The van der Waals surface area contributed by atoms with Crippen LogP contribution in [-0.4, -0.2) is 31.6 Å². The van der Waals surface area contributed by atoms with Crippen molar-refractivity contribution in [1.82, 2.24) is 14.9 Å². The van der Waals surface area contributed by atoms with Gasteiger partial charge in [0.05, 0.1) is 29.1 Å². The fourth-order valence-electron chi connectivity index (χ4n) is 3.75. The van der Waals surface area contributed by atoms with Gasteiger partial charge in [-0.25, -0.2) is 13.1 Å². The number of nitrogens with one attached hydrogen (secondary N) is 2. The average Bonchev–Trinajstić information content (AvgIpc) is 3.36. The SMILES string of the molecule is CCc1cccc(OC)c1C1(C(=O)NS(=O)(=O)c2cccc3[nH]ncc23)CC1. The summed E-state index contributed by atoms with van der Waals surface area (Å²) >= 11 is 0. The Morgan fingerprint density at radius 3 is 2.68 bits per heavy atom. The molecule has 1 saturated carbocycles. The molecule has 8 heteroatoms. The van der Waals surface area contributed by atoms with Crippen molar-refractivity contribution < 1.29 is 17.9 Å². The molecule has 1 amide bonds. The Morgan fingerprint density at radius 1 is 1.25 bits per heavy atom. The van der Waals surface area contributed by atoms with Crippen LogP contribution in [0.5, 0.6) is 5.75 Å². The molecular weight excluding hydrogens is 378 g/mol. The van der Waals surface area contributed by atoms with Crippen molar-refractivity contribution in [2.75, 3.05) is 7.11 Å². The van der Waals surface area contributed by atoms with Crippen molar-refractivity contribution >= 4 is 26.8 Å². The largest absolute Gasteiger partial charge is 0.496 e. The first kappa shape index (κ1) is 18.5. The molecule has 0 spiro atoms. The molecule has 28 heavy (non-hydrogen) atoms. The molecule has 4 rings (SSSR count). The number of aromatic nitrogens is 2. The highest BCUT2D eigenvalue weighted by Crippen LogP contribution is 2.53. The molecule has 2 aromatic carbocycles. The second-order valence-corrected chi connectivity index (χ2v) is 8.60. The van der Waals surface area contributed by atoms with Crippen LogP contribution < -0.4 is 9.46 Å². The van der Waals surface area contributed by atoms with Gasteiger partial charge in [-0.1, -0.05) is 25.1 Å². The maximum Gasteiger partial charge on any atom is 0.264 e. The number of benzene rings is 2. The van der Waals surface area contributed by atoms with Gasteiger partial charge in [0.2, 0.25) is 5.91 Å². The molecule has 1 aromatic heterocycles. The van der Waals surface area contributed by atoms with Gasteiger partial charge in [-0.2, -0.15) is 5.10 Å². The summed E-state index contributed by atoms with van der Waals surface area (Å²) in [6.45, 7) is 2.00. The Bertz CT molecular complexity index is 1140. The fourth-order valence-corrected chi connectivity index (χ4v) is 5.01. The van der Waals surface area contributed by atoms with Crippen molar-refractivity contribution in [3.63, 3.8) is 0 Å². The van der Waals surface area contributed by atoms with E-state index in [2.05, 4.69) is 14.9 Å². The van der Waals surface area contributed by atoms with Gasteiger partial charge >= 0.3 is 0 Å². The van der Waals surface area contributed by atoms with E-state index in [9.17, 15) is 13.2 Å². The third kappa shape index (κ3) is 2.84. The molecule has 0 aliphatic heterocycles. The van der Waals surface area contributed by atoms with Crippen LogP contribution in [0.4, 0.5) is 0 Å². The molecule has 1 aliphatic rings. The molecular formula is C20H21N3O4S. The molecule has 0 radical (unpaired) electrons. The average molecular weight is 399 g/mol. The molecule has 0 unspecified atom stereocenters. The number of carbonyl (C=O) groups excluding carboxylic acids is 1. The predicted octanol–water partition coefficient (Wildman–Crippen LogP) is 2.67. The number of amides is 1. The first-order valence-electron chi connectivity index (χ1n) is 9.08. The van der Waals surface area contributed by atoms with E-state index in [-0.39, 0.29) is 4.90 Å². The summed E-state index contributed by atoms with van der Waals surface area (Å²) in [7, 11) is -2.49. The molecule has 0 saturated heterocycles. The maximum absolute atomic E-state index is 13.2. The number of ether oxygens (including phenoxy) is 1. The highest BCUT2D eigenvalue weighted by atomic mass is 32.2. The second kappa shape index (κ2) is 6.63. The lowest BCUT2D eigenvalue weighted by Gasteiger charge is -2.21. The molecule has 7 nitrogen and oxygen atoms in total. The van der Waals surface area contributed by atoms with Crippen LogP contribution in [0.1, 0.15) is 30.9 Å². The van der Waals surface area contributed by atoms with Crippen molar-refractivity contribution in [3.05, 3.63) is 53.7 Å². The minimum atomic E-state index is -4.05. The minimum absolute atomic E-state index is 0.0265. The second-order valence-electron chi connectivity index (χ2n) is 6.95. The zero-order chi connectivity index (χ0) is 19.9. The third-order valence-corrected chi connectivity index (χ3v) is 6.73. The maximum atomic E-state index is 13.2. The van der Waals surface area contributed by atoms with E-state index < -0.39 is 21.3 Å². The number of rotatable bonds is 6. The summed E-state index contributed by atoms with van der Waals surface area (Å²) in [5.41, 5.74) is 1.49. The number of nitrogens with zero attached hydrogens (tertiary/aromatic N) is 1. The summed E-state index contributed by atoms with van der Waals surface area (Å²) in [4.78, 5) is 13.2. The molecule has 1 fully saturated rings. The lowest BCUT2D eigenvalue weighted by molar-refractivity contribution is -0.121. The lowest BCUT2D eigenvalue weighted by Crippen LogP contribution is -2.39. The number of methoxy groups -OCH3 is 1. The van der Waals surface area contributed by atoms with E-state index in [1.54, 1.807) is 19.2 Å². The number of fused-ring (bicyclic) bond motifs is 1. The summed E-state index contributed by atoms with van der Waals surface area (Å²) < 4.78 is 33.7. The summed E-state index contributed by atoms with van der Waals surface area (Å²) in [5.74, 6) is 0.0912. The molecule has 3 aromatic rings. The van der Waals surface area contributed by atoms with E-state index in [4.69, 9.17) is 4.74 Å². The minimum Gasteiger partial charge on any atom is -0.496 e. The van der Waals surface area contributed by atoms with Crippen LogP contribution in [0, 0.1) is 0 Å². The smallest absolute Gasteiger partial charge is 0.264 e. The van der Waals surface area contributed by atoms with Crippen LogP contribution in [0.2, 0.25) is 0 Å². The quantitative estimate of drug-likeness (QED) is 0.664. The van der Waals surface area contributed by atoms with Crippen LogP contribution in [-0.2, 0) is 26.7 Å². The number of hydrogen-bond acceptors (Lipinski definition) is 5. The number of hydrogen-bond donors (Lipinski definition) is 2. The van der Waals surface area contributed by atoms with Gasteiger partial charge in [-0.3, -0.25) is 9.89 Å². The van der Waals surface area contributed by atoms with Gasteiger partial charge in [0.15, 0.2) is 0 Å². The molecule has 1 aliphatic carbocycles. The number of carbonyl (C=O) groups is 1. The monoisotopic (exact) mass is 399 g/mol. The van der Waals surface area contributed by atoms with Crippen LogP contribution in [0.3, 0.4) is 0 Å². The zero-order valence-electron chi connectivity index (χ0n) is 15.7. The standard InChI is InChI=1S/C20H21N3O4S/c1-3-13-6-4-8-16(27-2)18(13)20(10-11-20)19(24)23-28(25,26)17-9-5-7-15-14(17)12-21-22-15/h4-9,12H,3,10-11H2,1-2H3,(H,21,22)(H,23,24). The van der Waals surface area contributed by atoms with Gasteiger partial charge in [0, 0.05) is 10.9 Å². The predicted molar refractivity (Wildman–Crippen MR) is 105 cm³/mol. The van der Waals surface area contributed by atoms with E-state index in [1.165, 1.54) is 12.3 Å². The molecule has 0 bridgehead atoms. The molecule has 146 valence electrons. The molecule has 2 N–H and O–H groups in total. The fraction of sp³-hybridized carbons (Fsp3) is 0.300. The van der Waals surface area contributed by atoms with Crippen LogP contribution >= 0.6 is 0 Å². The summed E-state index contributed by atoms with van der Waals surface area (Å²) in [6.07, 6.45) is 3.33. The Kier molecular flexibility index (Phi) is 4.38. The normalized spacial score (nSPS) is 15.4. The van der Waals surface area contributed by atoms with Crippen molar-refractivity contribution in [1.29, 1.82) is 0 Å². The Labute approximate surface area is 163 Å². The first-order chi connectivity index (χ1) is 13.4. The Morgan fingerprint density at radius 2 is 2.00 bits per heavy atom. The lowest BCUT2D eigenvalue weighted by atomic mass is 9.88. The number of H-pyrrole nitrogens is 1. The Hall–Kier alpha value is -2.87. The topological polar surface area (TPSA) is 101 Å². The highest BCUT2D eigenvalue weighted by molar-refractivity contribution is 7.90. The Balaban J connectivity index is 1.72. The zero-order valence-corrected chi connectivity index (χ0v) is 16.5.